The fourth-order valence-corrected chi connectivity index (χ4v) is 2.69. The first-order chi connectivity index (χ1) is 13.0. The predicted octanol–water partition coefficient (Wildman–Crippen LogP) is 4.22. The smallest absolute Gasteiger partial charge is 0.271 e. The molecule has 1 aromatic rings. The summed E-state index contributed by atoms with van der Waals surface area (Å²) in [5.41, 5.74) is 0.0106. The Morgan fingerprint density at radius 3 is 1.63 bits per heavy atom. The lowest BCUT2D eigenvalue weighted by atomic mass is 10.1. The van der Waals surface area contributed by atoms with Crippen LogP contribution in [0.3, 0.4) is 0 Å². The molecule has 0 aliphatic heterocycles. The summed E-state index contributed by atoms with van der Waals surface area (Å²) in [5, 5.41) is 16.7. The van der Waals surface area contributed by atoms with E-state index in [9.17, 15) is 19.7 Å². The molecule has 0 saturated heterocycles. The van der Waals surface area contributed by atoms with E-state index < -0.39 is 16.7 Å². The van der Waals surface area contributed by atoms with Gasteiger partial charge in [-0.25, -0.2) is 0 Å². The van der Waals surface area contributed by atoms with Crippen molar-refractivity contribution in [3.8, 4) is 0 Å². The van der Waals surface area contributed by atoms with Gasteiger partial charge in [-0.15, -0.1) is 0 Å². The Balaban J connectivity index is 2.73. The van der Waals surface area contributed by atoms with Crippen molar-refractivity contribution < 1.29 is 14.5 Å². The molecule has 0 aliphatic rings. The van der Waals surface area contributed by atoms with E-state index in [1.54, 1.807) is 0 Å². The maximum absolute atomic E-state index is 12.3. The van der Waals surface area contributed by atoms with Gasteiger partial charge in [0.15, 0.2) is 0 Å². The number of nitro groups is 1. The molecule has 27 heavy (non-hydrogen) atoms. The summed E-state index contributed by atoms with van der Waals surface area (Å²) >= 11 is 0. The number of rotatable bonds is 13. The number of nitrogens with one attached hydrogen (secondary N) is 2. The lowest BCUT2D eigenvalue weighted by molar-refractivity contribution is -0.384. The Morgan fingerprint density at radius 1 is 0.815 bits per heavy atom. The zero-order valence-electron chi connectivity index (χ0n) is 16.4. The number of carbonyl (C=O) groups is 2. The summed E-state index contributed by atoms with van der Waals surface area (Å²) in [7, 11) is 0. The number of hydrogen-bond donors (Lipinski definition) is 2. The second-order valence-electron chi connectivity index (χ2n) is 6.66. The molecule has 0 saturated carbocycles. The van der Waals surface area contributed by atoms with Gasteiger partial charge in [0.05, 0.1) is 4.92 Å². The van der Waals surface area contributed by atoms with Gasteiger partial charge in [0.1, 0.15) is 0 Å². The van der Waals surface area contributed by atoms with Gasteiger partial charge in [-0.05, 0) is 18.9 Å². The summed E-state index contributed by atoms with van der Waals surface area (Å²) in [4.78, 5) is 35.2. The Bertz CT molecular complexity index is 587. The molecular weight excluding hydrogens is 346 g/mol. The van der Waals surface area contributed by atoms with E-state index in [0.29, 0.717) is 13.1 Å². The second kappa shape index (κ2) is 12.8. The van der Waals surface area contributed by atoms with Crippen LogP contribution in [-0.2, 0) is 0 Å². The summed E-state index contributed by atoms with van der Waals surface area (Å²) in [5.74, 6) is -0.792. The highest BCUT2D eigenvalue weighted by atomic mass is 16.6. The zero-order valence-corrected chi connectivity index (χ0v) is 16.4. The first kappa shape index (κ1) is 22.6. The highest BCUT2D eigenvalue weighted by Gasteiger charge is 2.17. The monoisotopic (exact) mass is 377 g/mol. The quantitative estimate of drug-likeness (QED) is 0.305. The molecule has 2 N–H and O–H groups in total. The number of nitrogens with zero attached hydrogens (tertiary/aromatic N) is 1. The van der Waals surface area contributed by atoms with Crippen molar-refractivity contribution in [1.82, 2.24) is 10.6 Å². The summed E-state index contributed by atoms with van der Waals surface area (Å²) in [6, 6.07) is 3.83. The molecule has 1 rings (SSSR count). The third-order valence-electron chi connectivity index (χ3n) is 4.28. The van der Waals surface area contributed by atoms with E-state index in [0.717, 1.165) is 51.4 Å². The van der Waals surface area contributed by atoms with Crippen LogP contribution in [0.1, 0.15) is 85.9 Å². The molecule has 7 nitrogen and oxygen atoms in total. The third-order valence-corrected chi connectivity index (χ3v) is 4.28. The third kappa shape index (κ3) is 8.66. The van der Waals surface area contributed by atoms with Crippen LogP contribution in [-0.4, -0.2) is 29.8 Å². The van der Waals surface area contributed by atoms with Crippen molar-refractivity contribution in [2.75, 3.05) is 13.1 Å². The van der Waals surface area contributed by atoms with Crippen molar-refractivity contribution in [3.05, 3.63) is 39.4 Å². The molecule has 150 valence electrons. The molecule has 0 atom stereocenters. The van der Waals surface area contributed by atoms with Crippen LogP contribution in [0.15, 0.2) is 18.2 Å². The first-order valence-electron chi connectivity index (χ1n) is 9.85. The highest BCUT2D eigenvalue weighted by molar-refractivity contribution is 6.00. The maximum atomic E-state index is 12.3. The van der Waals surface area contributed by atoms with E-state index in [-0.39, 0.29) is 16.8 Å². The molecule has 1 aromatic carbocycles. The number of benzene rings is 1. The molecule has 0 aromatic heterocycles. The van der Waals surface area contributed by atoms with E-state index in [4.69, 9.17) is 0 Å². The van der Waals surface area contributed by atoms with Gasteiger partial charge in [0.25, 0.3) is 17.5 Å². The van der Waals surface area contributed by atoms with Gasteiger partial charge in [-0.2, -0.15) is 0 Å². The van der Waals surface area contributed by atoms with Crippen LogP contribution in [0, 0.1) is 10.1 Å². The molecule has 0 bridgehead atoms. The summed E-state index contributed by atoms with van der Waals surface area (Å²) in [6.45, 7) is 5.25. The highest BCUT2D eigenvalue weighted by Crippen LogP contribution is 2.17. The second-order valence-corrected chi connectivity index (χ2v) is 6.66. The largest absolute Gasteiger partial charge is 0.352 e. The van der Waals surface area contributed by atoms with E-state index in [1.165, 1.54) is 18.2 Å². The van der Waals surface area contributed by atoms with Crippen LogP contribution < -0.4 is 10.6 Å². The number of carbonyl (C=O) groups excluding carboxylic acids is 2. The number of unbranched alkanes of at least 4 members (excludes halogenated alkanes) is 6. The zero-order chi connectivity index (χ0) is 20.1. The minimum Gasteiger partial charge on any atom is -0.352 e. The molecule has 0 fully saturated rings. The SMILES string of the molecule is CCCCCCNC(=O)c1cc(C(=O)NCCCCCC)cc([N+](=O)[O-])c1. The average molecular weight is 377 g/mol. The molecule has 7 heteroatoms. The molecule has 0 radical (unpaired) electrons. The van der Waals surface area contributed by atoms with Crippen molar-refractivity contribution in [3.63, 3.8) is 0 Å². The van der Waals surface area contributed by atoms with Crippen molar-refractivity contribution in [2.24, 2.45) is 0 Å². The number of hydrogen-bond acceptors (Lipinski definition) is 4. The number of amides is 2. The van der Waals surface area contributed by atoms with Gasteiger partial charge < -0.3 is 10.6 Å². The Kier molecular flexibility index (Phi) is 10.7. The molecular formula is C20H31N3O4. The topological polar surface area (TPSA) is 101 Å². The van der Waals surface area contributed by atoms with Crippen LogP contribution in [0.2, 0.25) is 0 Å². The van der Waals surface area contributed by atoms with Gasteiger partial charge in [-0.3, -0.25) is 19.7 Å². The molecule has 0 unspecified atom stereocenters. The van der Waals surface area contributed by atoms with Gasteiger partial charge in [0.2, 0.25) is 0 Å². The van der Waals surface area contributed by atoms with E-state index in [2.05, 4.69) is 24.5 Å². The maximum Gasteiger partial charge on any atom is 0.271 e. The van der Waals surface area contributed by atoms with Crippen LogP contribution >= 0.6 is 0 Å². The molecule has 0 heterocycles. The Labute approximate surface area is 161 Å². The summed E-state index contributed by atoms with van der Waals surface area (Å²) in [6.07, 6.45) is 8.20. The first-order valence-corrected chi connectivity index (χ1v) is 9.85. The molecule has 2 amide bonds. The lowest BCUT2D eigenvalue weighted by Crippen LogP contribution is -2.27. The van der Waals surface area contributed by atoms with Crippen molar-refractivity contribution >= 4 is 17.5 Å². The van der Waals surface area contributed by atoms with Gasteiger partial charge in [0, 0.05) is 36.3 Å². The van der Waals surface area contributed by atoms with E-state index in [1.807, 2.05) is 0 Å². The standard InChI is InChI=1S/C20H31N3O4/c1-3-5-7-9-11-21-19(24)16-13-17(15-18(14-16)23(26)27)20(25)22-12-10-8-6-4-2/h13-15H,3-12H2,1-2H3,(H,21,24)(H,22,25). The Morgan fingerprint density at radius 2 is 1.26 bits per heavy atom. The van der Waals surface area contributed by atoms with Crippen LogP contribution in [0.4, 0.5) is 5.69 Å². The normalized spacial score (nSPS) is 10.4. The van der Waals surface area contributed by atoms with Crippen molar-refractivity contribution in [1.29, 1.82) is 0 Å². The molecule has 0 spiro atoms. The lowest BCUT2D eigenvalue weighted by Gasteiger charge is -2.08. The fraction of sp³-hybridized carbons (Fsp3) is 0.600. The van der Waals surface area contributed by atoms with Gasteiger partial charge >= 0.3 is 0 Å². The fourth-order valence-electron chi connectivity index (χ4n) is 2.69. The average Bonchev–Trinajstić information content (AvgIpc) is 2.66. The Hall–Kier alpha value is -2.44. The van der Waals surface area contributed by atoms with Gasteiger partial charge in [-0.1, -0.05) is 52.4 Å². The van der Waals surface area contributed by atoms with Crippen molar-refractivity contribution in [2.45, 2.75) is 65.2 Å². The van der Waals surface area contributed by atoms with Crippen LogP contribution in [0.25, 0.3) is 0 Å². The van der Waals surface area contributed by atoms with Crippen LogP contribution in [0.5, 0.6) is 0 Å². The number of nitro benzene ring substituents is 1. The minimum absolute atomic E-state index is 0.135. The molecule has 0 aliphatic carbocycles. The van der Waals surface area contributed by atoms with E-state index >= 15 is 0 Å². The predicted molar refractivity (Wildman–Crippen MR) is 106 cm³/mol. The number of non-ortho nitro benzene ring substituents is 1. The minimum atomic E-state index is -0.587. The summed E-state index contributed by atoms with van der Waals surface area (Å²) < 4.78 is 0.